The molecule has 0 radical (unpaired) electrons. The monoisotopic (exact) mass is 994 g/mol. The summed E-state index contributed by atoms with van der Waals surface area (Å²) in [5, 5.41) is 17.6. The number of carbonyl (C=O) groups excluding carboxylic acids is 3. The summed E-state index contributed by atoms with van der Waals surface area (Å²) in [6.07, 6.45) is 7.30. The molecule has 1 saturated carbocycles. The fourth-order valence-corrected chi connectivity index (χ4v) is 10.4. The Morgan fingerprint density at radius 3 is 2.32 bits per heavy atom. The molecule has 16 nitrogen and oxygen atoms in total. The minimum Gasteiger partial charge on any atom is -0.496 e. The second kappa shape index (κ2) is 21.8. The van der Waals surface area contributed by atoms with Gasteiger partial charge < -0.3 is 44.3 Å². The van der Waals surface area contributed by atoms with Gasteiger partial charge in [-0.25, -0.2) is 9.37 Å². The lowest BCUT2D eigenvalue weighted by Crippen LogP contribution is -2.59. The van der Waals surface area contributed by atoms with E-state index in [1.807, 2.05) is 55.0 Å². The van der Waals surface area contributed by atoms with E-state index < -0.39 is 47.0 Å². The zero-order valence-corrected chi connectivity index (χ0v) is 42.7. The predicted octanol–water partition coefficient (Wildman–Crippen LogP) is 6.03. The number of ether oxygens (including phenoxy) is 3. The van der Waals surface area contributed by atoms with E-state index in [1.165, 1.54) is 4.90 Å². The number of piperazine rings is 1. The van der Waals surface area contributed by atoms with Gasteiger partial charge in [-0.05, 0) is 91.8 Å². The van der Waals surface area contributed by atoms with E-state index in [0.29, 0.717) is 24.3 Å². The molecule has 2 aliphatic heterocycles. The van der Waals surface area contributed by atoms with E-state index in [1.54, 1.807) is 70.3 Å². The highest BCUT2D eigenvalue weighted by Crippen LogP contribution is 2.41. The van der Waals surface area contributed by atoms with Gasteiger partial charge in [0.2, 0.25) is 11.8 Å². The van der Waals surface area contributed by atoms with E-state index in [0.717, 1.165) is 107 Å². The van der Waals surface area contributed by atoms with Crippen molar-refractivity contribution in [2.75, 3.05) is 60.1 Å². The maximum atomic E-state index is 14.7. The molecule has 380 valence electrons. The number of benzene rings is 2. The maximum absolute atomic E-state index is 14.7. The number of thiazole rings is 1. The number of carbonyl (C=O) groups is 3. The van der Waals surface area contributed by atoms with Crippen molar-refractivity contribution in [2.45, 2.75) is 103 Å². The largest absolute Gasteiger partial charge is 0.496 e. The summed E-state index contributed by atoms with van der Waals surface area (Å²) in [4.78, 5) is 69.3. The molecule has 2 aromatic carbocycles. The average molecular weight is 995 g/mol. The highest BCUT2D eigenvalue weighted by Gasteiger charge is 2.53. The van der Waals surface area contributed by atoms with Gasteiger partial charge in [0.25, 0.3) is 11.5 Å². The van der Waals surface area contributed by atoms with E-state index >= 15 is 0 Å². The van der Waals surface area contributed by atoms with Crippen molar-refractivity contribution in [1.82, 2.24) is 39.9 Å². The van der Waals surface area contributed by atoms with Crippen molar-refractivity contribution >= 4 is 39.8 Å². The second-order valence-electron chi connectivity index (χ2n) is 20.2. The Kier molecular flexibility index (Phi) is 15.8. The van der Waals surface area contributed by atoms with Crippen LogP contribution in [-0.4, -0.2) is 136 Å². The number of nitrogens with one attached hydrogen (secondary N) is 2. The lowest BCUT2D eigenvalue weighted by molar-refractivity contribution is -0.145. The van der Waals surface area contributed by atoms with Crippen molar-refractivity contribution in [2.24, 2.45) is 12.5 Å². The molecule has 1 aliphatic carbocycles. The van der Waals surface area contributed by atoms with Gasteiger partial charge in [0, 0.05) is 89.0 Å². The number of halogens is 1. The van der Waals surface area contributed by atoms with E-state index in [-0.39, 0.29) is 37.9 Å². The van der Waals surface area contributed by atoms with Crippen molar-refractivity contribution in [3.05, 3.63) is 87.7 Å². The van der Waals surface area contributed by atoms with Crippen LogP contribution in [-0.2, 0) is 34.5 Å². The van der Waals surface area contributed by atoms with Gasteiger partial charge in [0.1, 0.15) is 29.3 Å². The Balaban J connectivity index is 0.835. The zero-order chi connectivity index (χ0) is 50.6. The lowest BCUT2D eigenvalue weighted by atomic mass is 9.85. The molecule has 0 spiro atoms. The third kappa shape index (κ3) is 11.7. The number of likely N-dealkylation sites (tertiary alicyclic amines) is 1. The Morgan fingerprint density at radius 2 is 1.66 bits per heavy atom. The van der Waals surface area contributed by atoms with Gasteiger partial charge in [-0.3, -0.25) is 29.1 Å². The number of β-amino-alcohol motifs (C(OH)–C–C–N with tert-alkyl or cyclic N) is 1. The first-order valence-corrected chi connectivity index (χ1v) is 25.4. The number of nitrogens with zero attached hydrogens (tertiary/aromatic N) is 6. The average Bonchev–Trinajstić information content (AvgIpc) is 3.77. The first-order valence-electron chi connectivity index (χ1n) is 24.5. The number of aliphatic hydroxyl groups excluding tert-OH is 1. The molecule has 8 rings (SSSR count). The van der Waals surface area contributed by atoms with Gasteiger partial charge in [-0.2, -0.15) is 0 Å². The minimum absolute atomic E-state index is 0.0371. The standard InChI is InChI=1S/C53H67FN8O8S/c1-33-46(71-32-57-33)34-11-12-35(27-56-48(64)42-26-37(63)29-62(42)50(66)47(52(2,3)4)58-51(67)53(54)14-15-53)43(23-34)70-22-10-8-9-17-60-18-20-61(21-19-60)31-41-44(68-6)24-36(25-45(41)69-7)40-30-59(5)49(65)39-28-55-16-13-38(39)40/h11-13,16,23-25,28,30,32,37,42,47,63H,8-10,14-15,17-22,26-27,29,31H2,1-7H3,(H,56,64)(H,58,67). The van der Waals surface area contributed by atoms with Gasteiger partial charge in [-0.15, -0.1) is 11.3 Å². The number of rotatable bonds is 19. The van der Waals surface area contributed by atoms with Crippen LogP contribution in [0.15, 0.2) is 65.3 Å². The molecule has 3 amide bonds. The molecule has 3 atom stereocenters. The van der Waals surface area contributed by atoms with Crippen LogP contribution in [0.5, 0.6) is 17.2 Å². The minimum atomic E-state index is -1.97. The number of hydrogen-bond donors (Lipinski definition) is 3. The Hall–Kier alpha value is -5.95. The van der Waals surface area contributed by atoms with Crippen LogP contribution in [0.1, 0.15) is 76.1 Å². The van der Waals surface area contributed by atoms with Crippen molar-refractivity contribution in [1.29, 1.82) is 0 Å². The van der Waals surface area contributed by atoms with E-state index in [4.69, 9.17) is 14.2 Å². The zero-order valence-electron chi connectivity index (χ0n) is 41.9. The Labute approximate surface area is 418 Å². The van der Waals surface area contributed by atoms with Gasteiger partial charge in [-0.1, -0.05) is 32.9 Å². The van der Waals surface area contributed by atoms with Crippen molar-refractivity contribution in [3.63, 3.8) is 0 Å². The molecule has 2 saturated heterocycles. The van der Waals surface area contributed by atoms with Crippen LogP contribution >= 0.6 is 11.3 Å². The third-order valence-corrected chi connectivity index (χ3v) is 15.0. The summed E-state index contributed by atoms with van der Waals surface area (Å²) < 4.78 is 34.6. The fourth-order valence-electron chi connectivity index (χ4n) is 9.60. The molecule has 5 aromatic rings. The highest BCUT2D eigenvalue weighted by molar-refractivity contribution is 7.13. The first kappa shape index (κ1) is 51.4. The molecule has 71 heavy (non-hydrogen) atoms. The summed E-state index contributed by atoms with van der Waals surface area (Å²) in [5.41, 5.74) is 4.36. The predicted molar refractivity (Wildman–Crippen MR) is 271 cm³/mol. The van der Waals surface area contributed by atoms with Crippen LogP contribution in [0.4, 0.5) is 4.39 Å². The topological polar surface area (TPSA) is 181 Å². The third-order valence-electron chi connectivity index (χ3n) is 14.0. The van der Waals surface area contributed by atoms with E-state index in [2.05, 4.69) is 30.4 Å². The molecule has 3 aromatic heterocycles. The number of unbranched alkanes of at least 4 members (excludes halogenated alkanes) is 2. The molecule has 3 aliphatic rings. The number of aryl methyl sites for hydroxylation is 2. The Bertz CT molecular complexity index is 2770. The number of fused-ring (bicyclic) bond motifs is 1. The number of pyridine rings is 2. The number of alkyl halides is 1. The number of amides is 3. The van der Waals surface area contributed by atoms with Crippen LogP contribution in [0.25, 0.3) is 32.3 Å². The van der Waals surface area contributed by atoms with Gasteiger partial charge in [0.05, 0.1) is 54.0 Å². The van der Waals surface area contributed by atoms with Gasteiger partial charge in [0.15, 0.2) is 5.67 Å². The molecule has 3 fully saturated rings. The molecular weight excluding hydrogens is 928 g/mol. The summed E-state index contributed by atoms with van der Waals surface area (Å²) in [6, 6.07) is 9.74. The van der Waals surface area contributed by atoms with Crippen molar-refractivity contribution in [3.8, 4) is 38.8 Å². The van der Waals surface area contributed by atoms with Crippen LogP contribution in [0, 0.1) is 12.3 Å². The number of methoxy groups -OCH3 is 2. The summed E-state index contributed by atoms with van der Waals surface area (Å²) in [7, 11) is 5.09. The molecule has 18 heteroatoms. The fraction of sp³-hybridized carbons (Fsp3) is 0.509. The molecule has 0 bridgehead atoms. The van der Waals surface area contributed by atoms with Gasteiger partial charge >= 0.3 is 0 Å². The molecule has 3 unspecified atom stereocenters. The lowest BCUT2D eigenvalue weighted by Gasteiger charge is -2.35. The normalized spacial score (nSPS) is 18.6. The smallest absolute Gasteiger partial charge is 0.259 e. The quantitative estimate of drug-likeness (QED) is 0.0820. The summed E-state index contributed by atoms with van der Waals surface area (Å²) in [6.45, 7) is 13.1. The molecule has 5 heterocycles. The summed E-state index contributed by atoms with van der Waals surface area (Å²) in [5.74, 6) is 0.312. The maximum Gasteiger partial charge on any atom is 0.259 e. The number of aliphatic hydroxyl groups is 1. The highest BCUT2D eigenvalue weighted by atomic mass is 32.1. The Morgan fingerprint density at radius 1 is 0.958 bits per heavy atom. The second-order valence-corrected chi connectivity index (χ2v) is 21.1. The number of hydrogen-bond acceptors (Lipinski definition) is 13. The first-order chi connectivity index (χ1) is 34.0. The summed E-state index contributed by atoms with van der Waals surface area (Å²) >= 11 is 1.55. The van der Waals surface area contributed by atoms with Crippen LogP contribution in [0.2, 0.25) is 0 Å². The molecule has 3 N–H and O–H groups in total. The van der Waals surface area contributed by atoms with Crippen molar-refractivity contribution < 1.29 is 38.1 Å². The molecular formula is C53H67FN8O8S. The van der Waals surface area contributed by atoms with Crippen LogP contribution < -0.4 is 30.4 Å². The SMILES string of the molecule is COc1cc(-c2cn(C)c(=O)c3cnccc23)cc(OC)c1CN1CCN(CCCCCOc2cc(-c3scnc3C)ccc2CNC(=O)C2CC(O)CN2C(=O)C(NC(=O)C2(F)CC2)C(C)(C)C)CC1. The number of aromatic nitrogens is 3. The van der Waals surface area contributed by atoms with E-state index in [9.17, 15) is 28.7 Å². The van der Waals surface area contributed by atoms with Crippen LogP contribution in [0.3, 0.4) is 0 Å².